The lowest BCUT2D eigenvalue weighted by molar-refractivity contribution is -0.121. The van der Waals surface area contributed by atoms with Gasteiger partial charge in [0, 0.05) is 0 Å². The Morgan fingerprint density at radius 3 is 2.13 bits per heavy atom. The van der Waals surface area contributed by atoms with E-state index in [0.29, 0.717) is 5.92 Å². The fraction of sp³-hybridized carbons (Fsp3) is 0.458. The van der Waals surface area contributed by atoms with E-state index in [2.05, 4.69) is 43.4 Å². The van der Waals surface area contributed by atoms with Gasteiger partial charge in [0.15, 0.2) is 0 Å². The van der Waals surface area contributed by atoms with Crippen molar-refractivity contribution in [2.24, 2.45) is 11.1 Å². The van der Waals surface area contributed by atoms with Gasteiger partial charge in [0.25, 0.3) is 0 Å². The highest BCUT2D eigenvalue weighted by atomic mass is 32.2. The Labute approximate surface area is 180 Å². The third-order valence-electron chi connectivity index (χ3n) is 5.97. The molecule has 1 aliphatic rings. The van der Waals surface area contributed by atoms with Gasteiger partial charge in [0.1, 0.15) is 0 Å². The van der Waals surface area contributed by atoms with Gasteiger partial charge in [-0.2, -0.15) is 0 Å². The number of amides is 1. The molecule has 5 nitrogen and oxygen atoms in total. The minimum Gasteiger partial charge on any atom is -0.349 e. The lowest BCUT2D eigenvalue weighted by Gasteiger charge is -2.25. The zero-order valence-electron chi connectivity index (χ0n) is 17.8. The monoisotopic (exact) mass is 428 g/mol. The van der Waals surface area contributed by atoms with Crippen molar-refractivity contribution in [2.75, 3.05) is 0 Å². The lowest BCUT2D eigenvalue weighted by atomic mass is 9.83. The van der Waals surface area contributed by atoms with Gasteiger partial charge in [0.05, 0.1) is 17.4 Å². The van der Waals surface area contributed by atoms with Crippen molar-refractivity contribution in [3.8, 4) is 0 Å². The number of sulfonamides is 1. The maximum Gasteiger partial charge on any atom is 0.238 e. The highest BCUT2D eigenvalue weighted by Crippen LogP contribution is 2.33. The van der Waals surface area contributed by atoms with Crippen LogP contribution >= 0.6 is 0 Å². The van der Waals surface area contributed by atoms with Crippen LogP contribution in [0.4, 0.5) is 0 Å². The largest absolute Gasteiger partial charge is 0.349 e. The molecule has 162 valence electrons. The van der Waals surface area contributed by atoms with Gasteiger partial charge < -0.3 is 5.32 Å². The van der Waals surface area contributed by atoms with Crippen LogP contribution in [-0.2, 0) is 21.2 Å². The van der Waals surface area contributed by atoms with Crippen molar-refractivity contribution < 1.29 is 13.2 Å². The van der Waals surface area contributed by atoms with Gasteiger partial charge in [-0.05, 0) is 53.5 Å². The molecule has 1 unspecified atom stereocenters. The minimum absolute atomic E-state index is 0.0461. The number of carbonyl (C=O) groups excluding carboxylic acids is 1. The van der Waals surface area contributed by atoms with E-state index < -0.39 is 10.0 Å². The fourth-order valence-electron chi connectivity index (χ4n) is 4.25. The number of nitrogens with one attached hydrogen (secondary N) is 1. The van der Waals surface area contributed by atoms with E-state index in [9.17, 15) is 13.2 Å². The molecule has 0 bridgehead atoms. The number of primary sulfonamides is 1. The van der Waals surface area contributed by atoms with Crippen molar-refractivity contribution in [1.29, 1.82) is 0 Å². The van der Waals surface area contributed by atoms with Gasteiger partial charge in [-0.3, -0.25) is 4.79 Å². The first-order valence-corrected chi connectivity index (χ1v) is 12.3. The summed E-state index contributed by atoms with van der Waals surface area (Å²) in [4.78, 5) is 12.7. The molecule has 1 amide bonds. The van der Waals surface area contributed by atoms with E-state index in [-0.39, 0.29) is 29.2 Å². The molecule has 3 rings (SSSR count). The fourth-order valence-corrected chi connectivity index (χ4v) is 4.77. The Kier molecular flexibility index (Phi) is 7.32. The van der Waals surface area contributed by atoms with Crippen LogP contribution in [0.3, 0.4) is 0 Å². The van der Waals surface area contributed by atoms with Crippen LogP contribution < -0.4 is 10.5 Å². The zero-order chi connectivity index (χ0) is 21.7. The minimum atomic E-state index is -3.73. The molecule has 3 N–H and O–H groups in total. The molecule has 0 heterocycles. The molecule has 1 saturated carbocycles. The van der Waals surface area contributed by atoms with E-state index >= 15 is 0 Å². The van der Waals surface area contributed by atoms with E-state index in [4.69, 9.17) is 5.14 Å². The van der Waals surface area contributed by atoms with Gasteiger partial charge in [-0.15, -0.1) is 0 Å². The van der Waals surface area contributed by atoms with Crippen LogP contribution in [0.25, 0.3) is 0 Å². The first-order chi connectivity index (χ1) is 14.2. The summed E-state index contributed by atoms with van der Waals surface area (Å²) in [6.45, 7) is 4.20. The molecule has 6 heteroatoms. The molecule has 30 heavy (non-hydrogen) atoms. The summed E-state index contributed by atoms with van der Waals surface area (Å²) in [6.07, 6.45) is 6.71. The summed E-state index contributed by atoms with van der Waals surface area (Å²) in [5.74, 6) is 0.827. The van der Waals surface area contributed by atoms with Crippen molar-refractivity contribution in [3.05, 3.63) is 65.2 Å². The predicted molar refractivity (Wildman–Crippen MR) is 120 cm³/mol. The average Bonchev–Trinajstić information content (AvgIpc) is 2.72. The Hall–Kier alpha value is -2.18. The van der Waals surface area contributed by atoms with Crippen LogP contribution in [0.1, 0.15) is 74.6 Å². The summed E-state index contributed by atoms with van der Waals surface area (Å²) in [5, 5.41) is 8.27. The number of nitrogens with two attached hydrogens (primary N) is 1. The summed E-state index contributed by atoms with van der Waals surface area (Å²) < 4.78 is 22.7. The molecule has 2 aromatic carbocycles. The van der Waals surface area contributed by atoms with Crippen LogP contribution in [0.2, 0.25) is 0 Å². The third-order valence-corrected chi connectivity index (χ3v) is 6.90. The van der Waals surface area contributed by atoms with Crippen LogP contribution in [-0.4, -0.2) is 14.3 Å². The number of carbonyl (C=O) groups is 1. The van der Waals surface area contributed by atoms with Crippen LogP contribution in [0, 0.1) is 5.92 Å². The van der Waals surface area contributed by atoms with Crippen LogP contribution in [0.15, 0.2) is 53.4 Å². The topological polar surface area (TPSA) is 89.3 Å². The molecular weight excluding hydrogens is 396 g/mol. The van der Waals surface area contributed by atoms with Gasteiger partial charge in [-0.25, -0.2) is 13.6 Å². The Morgan fingerprint density at radius 1 is 1.00 bits per heavy atom. The van der Waals surface area contributed by atoms with Gasteiger partial charge in [-0.1, -0.05) is 69.5 Å². The second kappa shape index (κ2) is 9.75. The Balaban J connectivity index is 1.65. The SMILES string of the molecule is CC(C)C(NC(=O)Cc1ccc(S(N)(=O)=O)cc1)c1ccc(C2CCCCC2)cc1. The quantitative estimate of drug-likeness (QED) is 0.683. The lowest BCUT2D eigenvalue weighted by Crippen LogP contribution is -2.32. The molecule has 1 aliphatic carbocycles. The van der Waals surface area contributed by atoms with Crippen LogP contribution in [0.5, 0.6) is 0 Å². The maximum absolute atomic E-state index is 12.6. The third kappa shape index (κ3) is 5.92. The van der Waals surface area contributed by atoms with Crippen molar-refractivity contribution in [1.82, 2.24) is 5.32 Å². The zero-order valence-corrected chi connectivity index (χ0v) is 18.6. The second-order valence-corrected chi connectivity index (χ2v) is 10.2. The summed E-state index contributed by atoms with van der Waals surface area (Å²) >= 11 is 0. The molecule has 0 spiro atoms. The standard InChI is InChI=1S/C24H32N2O3S/c1-17(2)24(21-12-10-20(11-13-21)19-6-4-3-5-7-19)26-23(27)16-18-8-14-22(15-9-18)30(25,28)29/h8-15,17,19,24H,3-7,16H2,1-2H3,(H,26,27)(H2,25,28,29). The Morgan fingerprint density at radius 2 is 1.60 bits per heavy atom. The molecule has 1 atom stereocenters. The van der Waals surface area contributed by atoms with Crippen molar-refractivity contribution in [2.45, 2.75) is 69.2 Å². The van der Waals surface area contributed by atoms with Crippen molar-refractivity contribution in [3.63, 3.8) is 0 Å². The van der Waals surface area contributed by atoms with E-state index in [1.165, 1.54) is 49.8 Å². The Bertz CT molecular complexity index is 945. The maximum atomic E-state index is 12.6. The summed E-state index contributed by atoms with van der Waals surface area (Å²) in [5.41, 5.74) is 3.26. The van der Waals surface area contributed by atoms with Crippen molar-refractivity contribution >= 4 is 15.9 Å². The summed E-state index contributed by atoms with van der Waals surface area (Å²) in [6, 6.07) is 14.8. The average molecular weight is 429 g/mol. The van der Waals surface area contributed by atoms with E-state index in [1.54, 1.807) is 12.1 Å². The number of benzene rings is 2. The molecule has 1 fully saturated rings. The van der Waals surface area contributed by atoms with E-state index in [0.717, 1.165) is 11.1 Å². The first-order valence-electron chi connectivity index (χ1n) is 10.7. The van der Waals surface area contributed by atoms with Gasteiger partial charge >= 0.3 is 0 Å². The molecule has 0 aromatic heterocycles. The molecule has 0 radical (unpaired) electrons. The second-order valence-electron chi connectivity index (χ2n) is 8.66. The number of rotatable bonds is 7. The molecule has 0 aliphatic heterocycles. The highest BCUT2D eigenvalue weighted by molar-refractivity contribution is 7.89. The smallest absolute Gasteiger partial charge is 0.238 e. The predicted octanol–water partition coefficient (Wildman–Crippen LogP) is 4.44. The highest BCUT2D eigenvalue weighted by Gasteiger charge is 2.20. The number of hydrogen-bond acceptors (Lipinski definition) is 3. The molecular formula is C24H32N2O3S. The van der Waals surface area contributed by atoms with E-state index in [1.807, 2.05) is 0 Å². The first kappa shape index (κ1) is 22.5. The molecule has 0 saturated heterocycles. The number of hydrogen-bond donors (Lipinski definition) is 2. The summed E-state index contributed by atoms with van der Waals surface area (Å²) in [7, 11) is -3.73. The molecule has 2 aromatic rings. The van der Waals surface area contributed by atoms with Gasteiger partial charge in [0.2, 0.25) is 15.9 Å². The normalized spacial score (nSPS) is 16.4.